The quantitative estimate of drug-likeness (QED) is 0.383. The Morgan fingerprint density at radius 1 is 0.895 bits per heavy atom. The Morgan fingerprint density at radius 3 is 1.95 bits per heavy atom. The van der Waals surface area contributed by atoms with Gasteiger partial charge in [0.05, 0.1) is 26.4 Å². The van der Waals surface area contributed by atoms with Gasteiger partial charge in [-0.15, -0.1) is 11.6 Å². The highest BCUT2D eigenvalue weighted by atomic mass is 35.5. The monoisotopic (exact) mass is 292 g/mol. The largest absolute Gasteiger partial charge is 0.379 e. The number of hydrogen-bond acceptors (Lipinski definition) is 3. The zero-order chi connectivity index (χ0) is 13.8. The predicted octanol–water partition coefficient (Wildman–Crippen LogP) is 3.64. The molecule has 0 aromatic heterocycles. The van der Waals surface area contributed by atoms with Crippen molar-refractivity contribution < 1.29 is 14.2 Å². The van der Waals surface area contributed by atoms with E-state index in [1.165, 1.54) is 25.7 Å². The van der Waals surface area contributed by atoms with Crippen LogP contribution < -0.4 is 0 Å². The Kier molecular flexibility index (Phi) is 9.88. The van der Waals surface area contributed by atoms with Gasteiger partial charge in [0.25, 0.3) is 0 Å². The maximum atomic E-state index is 6.00. The van der Waals surface area contributed by atoms with Crippen LogP contribution in [0.3, 0.4) is 0 Å². The van der Waals surface area contributed by atoms with Gasteiger partial charge < -0.3 is 14.2 Å². The molecule has 0 heterocycles. The molecule has 0 unspecified atom stereocenters. The topological polar surface area (TPSA) is 27.7 Å². The van der Waals surface area contributed by atoms with Crippen LogP contribution in [0.25, 0.3) is 0 Å². The van der Waals surface area contributed by atoms with Gasteiger partial charge in [0.2, 0.25) is 0 Å². The molecule has 19 heavy (non-hydrogen) atoms. The molecule has 0 aromatic carbocycles. The predicted molar refractivity (Wildman–Crippen MR) is 79.0 cm³/mol. The molecule has 0 N–H and O–H groups in total. The van der Waals surface area contributed by atoms with Crippen LogP contribution >= 0.6 is 11.6 Å². The summed E-state index contributed by atoms with van der Waals surface area (Å²) in [7, 11) is 0. The van der Waals surface area contributed by atoms with Gasteiger partial charge in [-0.05, 0) is 31.1 Å². The minimum absolute atomic E-state index is 0.384. The van der Waals surface area contributed by atoms with Crippen LogP contribution in [0.15, 0.2) is 0 Å². The van der Waals surface area contributed by atoms with E-state index in [4.69, 9.17) is 25.8 Å². The van der Waals surface area contributed by atoms with Crippen LogP contribution in [0.4, 0.5) is 0 Å². The highest BCUT2D eigenvalue weighted by Gasteiger charge is 2.35. The van der Waals surface area contributed by atoms with Crippen molar-refractivity contribution in [2.75, 3.05) is 45.5 Å². The molecule has 3 nitrogen and oxygen atoms in total. The number of rotatable bonds is 13. The second kappa shape index (κ2) is 10.9. The molecule has 0 radical (unpaired) electrons. The van der Waals surface area contributed by atoms with E-state index in [1.807, 2.05) is 0 Å². The highest BCUT2D eigenvalue weighted by molar-refractivity contribution is 6.18. The summed E-state index contributed by atoms with van der Waals surface area (Å²) in [4.78, 5) is 0. The van der Waals surface area contributed by atoms with Crippen molar-refractivity contribution in [2.45, 2.75) is 45.4 Å². The van der Waals surface area contributed by atoms with Crippen LogP contribution in [-0.2, 0) is 14.2 Å². The first-order valence-electron chi connectivity index (χ1n) is 7.62. The molecule has 1 aliphatic rings. The summed E-state index contributed by atoms with van der Waals surface area (Å²) < 4.78 is 16.4. The van der Waals surface area contributed by atoms with Crippen LogP contribution in [0.2, 0.25) is 0 Å². The van der Waals surface area contributed by atoms with Gasteiger partial charge in [-0.3, -0.25) is 0 Å². The third kappa shape index (κ3) is 7.50. The lowest BCUT2D eigenvalue weighted by Gasteiger charge is -2.40. The van der Waals surface area contributed by atoms with E-state index >= 15 is 0 Å². The fourth-order valence-corrected chi connectivity index (χ4v) is 2.61. The van der Waals surface area contributed by atoms with E-state index in [0.717, 1.165) is 31.9 Å². The van der Waals surface area contributed by atoms with E-state index in [0.29, 0.717) is 31.8 Å². The molecule has 0 amide bonds. The number of unbranched alkanes of at least 4 members (excludes halogenated alkanes) is 1. The number of hydrogen-bond donors (Lipinski definition) is 0. The summed E-state index contributed by atoms with van der Waals surface area (Å²) in [5.74, 6) is 0.780. The average molecular weight is 293 g/mol. The number of halogens is 1. The third-order valence-corrected chi connectivity index (χ3v) is 4.43. The molecule has 0 bridgehead atoms. The minimum atomic E-state index is 0.384. The van der Waals surface area contributed by atoms with Gasteiger partial charge in [-0.1, -0.05) is 19.8 Å². The van der Waals surface area contributed by atoms with Crippen molar-refractivity contribution in [3.05, 3.63) is 0 Å². The lowest BCUT2D eigenvalue weighted by molar-refractivity contribution is 0.00314. The van der Waals surface area contributed by atoms with Crippen molar-refractivity contribution in [2.24, 2.45) is 5.41 Å². The fourth-order valence-electron chi connectivity index (χ4n) is 2.20. The standard InChI is InChI=1S/C15H29ClO3/c1-2-3-8-17-10-12-19-13-11-18-9-7-15(14-16)5-4-6-15/h2-14H2,1H3. The molecule has 1 saturated carbocycles. The van der Waals surface area contributed by atoms with Crippen molar-refractivity contribution in [1.29, 1.82) is 0 Å². The van der Waals surface area contributed by atoms with E-state index in [-0.39, 0.29) is 0 Å². The summed E-state index contributed by atoms with van der Waals surface area (Å²) in [6, 6.07) is 0. The molecule has 1 aliphatic carbocycles. The Labute approximate surface area is 122 Å². The van der Waals surface area contributed by atoms with E-state index in [2.05, 4.69) is 6.92 Å². The molecular weight excluding hydrogens is 264 g/mol. The maximum Gasteiger partial charge on any atom is 0.0701 e. The highest BCUT2D eigenvalue weighted by Crippen LogP contribution is 2.44. The molecule has 0 saturated heterocycles. The Morgan fingerprint density at radius 2 is 1.47 bits per heavy atom. The van der Waals surface area contributed by atoms with Crippen LogP contribution in [0.5, 0.6) is 0 Å². The van der Waals surface area contributed by atoms with Crippen LogP contribution in [-0.4, -0.2) is 45.5 Å². The van der Waals surface area contributed by atoms with Crippen molar-refractivity contribution in [3.63, 3.8) is 0 Å². The lowest BCUT2D eigenvalue weighted by Crippen LogP contribution is -2.32. The van der Waals surface area contributed by atoms with Crippen molar-refractivity contribution in [3.8, 4) is 0 Å². The fraction of sp³-hybridized carbons (Fsp3) is 1.00. The number of ether oxygens (including phenoxy) is 3. The molecule has 4 heteroatoms. The Bertz CT molecular complexity index is 202. The van der Waals surface area contributed by atoms with Gasteiger partial charge in [-0.25, -0.2) is 0 Å². The zero-order valence-corrected chi connectivity index (χ0v) is 13.1. The third-order valence-electron chi connectivity index (χ3n) is 3.86. The second-order valence-corrected chi connectivity index (χ2v) is 5.70. The van der Waals surface area contributed by atoms with Crippen LogP contribution in [0, 0.1) is 5.41 Å². The summed E-state index contributed by atoms with van der Waals surface area (Å²) in [5.41, 5.74) is 0.384. The zero-order valence-electron chi connectivity index (χ0n) is 12.3. The second-order valence-electron chi connectivity index (χ2n) is 5.43. The van der Waals surface area contributed by atoms with Gasteiger partial charge in [-0.2, -0.15) is 0 Å². The maximum absolute atomic E-state index is 6.00. The summed E-state index contributed by atoms with van der Waals surface area (Å²) in [6.45, 7) is 6.50. The first kappa shape index (κ1) is 17.2. The Balaban J connectivity index is 1.76. The van der Waals surface area contributed by atoms with Crippen molar-refractivity contribution in [1.82, 2.24) is 0 Å². The van der Waals surface area contributed by atoms with Gasteiger partial charge in [0.15, 0.2) is 0 Å². The van der Waals surface area contributed by atoms with E-state index in [9.17, 15) is 0 Å². The minimum Gasteiger partial charge on any atom is -0.379 e. The van der Waals surface area contributed by atoms with E-state index < -0.39 is 0 Å². The average Bonchev–Trinajstić information content (AvgIpc) is 2.38. The van der Waals surface area contributed by atoms with Gasteiger partial charge in [0, 0.05) is 19.1 Å². The summed E-state index contributed by atoms with van der Waals surface area (Å²) in [5, 5.41) is 0. The normalized spacial score (nSPS) is 17.4. The first-order chi connectivity index (χ1) is 9.33. The Hall–Kier alpha value is 0.170. The molecule has 0 spiro atoms. The molecule has 1 fully saturated rings. The lowest BCUT2D eigenvalue weighted by atomic mass is 9.68. The summed E-state index contributed by atoms with van der Waals surface area (Å²) in [6.07, 6.45) is 7.27. The van der Waals surface area contributed by atoms with Crippen LogP contribution in [0.1, 0.15) is 45.4 Å². The molecule has 1 rings (SSSR count). The molecule has 0 atom stereocenters. The van der Waals surface area contributed by atoms with E-state index in [1.54, 1.807) is 0 Å². The van der Waals surface area contributed by atoms with Crippen molar-refractivity contribution >= 4 is 11.6 Å². The first-order valence-corrected chi connectivity index (χ1v) is 8.16. The molecular formula is C15H29ClO3. The van der Waals surface area contributed by atoms with Gasteiger partial charge in [0.1, 0.15) is 0 Å². The molecule has 0 aliphatic heterocycles. The summed E-state index contributed by atoms with van der Waals surface area (Å²) >= 11 is 6.00. The number of alkyl halides is 1. The van der Waals surface area contributed by atoms with Gasteiger partial charge >= 0.3 is 0 Å². The molecule has 114 valence electrons. The smallest absolute Gasteiger partial charge is 0.0701 e. The SMILES string of the molecule is CCCCOCCOCCOCCC1(CCl)CCC1. The molecule has 0 aromatic rings.